The third kappa shape index (κ3) is 4.30. The lowest BCUT2D eigenvalue weighted by atomic mass is 9.94. The molecule has 0 radical (unpaired) electrons. The Kier molecular flexibility index (Phi) is 4.84. The Hall–Kier alpha value is -0.570. The number of amides is 1. The van der Waals surface area contributed by atoms with Crippen LogP contribution in [0.3, 0.4) is 0 Å². The van der Waals surface area contributed by atoms with Crippen LogP contribution in [0.4, 0.5) is 0 Å². The summed E-state index contributed by atoms with van der Waals surface area (Å²) in [5.41, 5.74) is 0. The fourth-order valence-corrected chi connectivity index (χ4v) is 2.90. The Balaban J connectivity index is 1.55. The average molecular weight is 238 g/mol. The molecule has 98 valence electrons. The van der Waals surface area contributed by atoms with Gasteiger partial charge in [0, 0.05) is 12.5 Å². The summed E-state index contributed by atoms with van der Waals surface area (Å²) in [6, 6.07) is 0.506. The molecule has 1 amide bonds. The lowest BCUT2D eigenvalue weighted by Gasteiger charge is -2.22. The molecule has 0 bridgehead atoms. The van der Waals surface area contributed by atoms with Crippen LogP contribution >= 0.6 is 0 Å². The first-order valence-corrected chi connectivity index (χ1v) is 7.29. The molecule has 3 heteroatoms. The zero-order valence-electron chi connectivity index (χ0n) is 11.0. The monoisotopic (exact) mass is 238 g/mol. The molecule has 2 aliphatic rings. The molecule has 2 rings (SSSR count). The van der Waals surface area contributed by atoms with E-state index in [0.717, 1.165) is 37.8 Å². The number of hydrogen-bond acceptors (Lipinski definition) is 2. The predicted octanol–water partition coefficient (Wildman–Crippen LogP) is 2.07. The van der Waals surface area contributed by atoms with E-state index < -0.39 is 0 Å². The summed E-state index contributed by atoms with van der Waals surface area (Å²) < 4.78 is 0. The summed E-state index contributed by atoms with van der Waals surface area (Å²) in [6.45, 7) is 4.48. The fraction of sp³-hybridized carbons (Fsp3) is 0.929. The SMILES string of the molecule is CCCC1CC1NC(=O)CCC1CCCNC1. The summed E-state index contributed by atoms with van der Waals surface area (Å²) >= 11 is 0. The Morgan fingerprint density at radius 2 is 2.29 bits per heavy atom. The molecule has 0 aromatic heterocycles. The third-order valence-electron chi connectivity index (χ3n) is 4.11. The summed E-state index contributed by atoms with van der Waals surface area (Å²) in [6.07, 6.45) is 8.08. The van der Waals surface area contributed by atoms with Crippen molar-refractivity contribution in [2.45, 2.75) is 57.9 Å². The topological polar surface area (TPSA) is 41.1 Å². The highest BCUT2D eigenvalue weighted by Gasteiger charge is 2.36. The smallest absolute Gasteiger partial charge is 0.220 e. The second-order valence-corrected chi connectivity index (χ2v) is 5.71. The standard InChI is InChI=1S/C14H26N2O/c1-2-4-12-9-13(12)16-14(17)7-6-11-5-3-8-15-10-11/h11-13,15H,2-10H2,1H3,(H,16,17). The van der Waals surface area contributed by atoms with Gasteiger partial charge in [-0.1, -0.05) is 13.3 Å². The number of rotatable bonds is 6. The summed E-state index contributed by atoms with van der Waals surface area (Å²) in [7, 11) is 0. The van der Waals surface area contributed by atoms with Gasteiger partial charge < -0.3 is 10.6 Å². The predicted molar refractivity (Wildman–Crippen MR) is 69.8 cm³/mol. The molecular formula is C14H26N2O. The van der Waals surface area contributed by atoms with Crippen LogP contribution in [-0.2, 0) is 4.79 Å². The summed E-state index contributed by atoms with van der Waals surface area (Å²) in [4.78, 5) is 11.8. The molecule has 2 N–H and O–H groups in total. The van der Waals surface area contributed by atoms with Gasteiger partial charge in [-0.15, -0.1) is 0 Å². The zero-order chi connectivity index (χ0) is 12.1. The van der Waals surface area contributed by atoms with E-state index in [9.17, 15) is 4.79 Å². The van der Waals surface area contributed by atoms with Gasteiger partial charge in [0.05, 0.1) is 0 Å². The van der Waals surface area contributed by atoms with Crippen molar-refractivity contribution in [1.82, 2.24) is 10.6 Å². The van der Waals surface area contributed by atoms with E-state index in [2.05, 4.69) is 17.6 Å². The van der Waals surface area contributed by atoms with Crippen molar-refractivity contribution < 1.29 is 4.79 Å². The Morgan fingerprint density at radius 1 is 1.41 bits per heavy atom. The average Bonchev–Trinajstić information content (AvgIpc) is 3.06. The molecule has 0 spiro atoms. The van der Waals surface area contributed by atoms with E-state index in [0.29, 0.717) is 6.04 Å². The van der Waals surface area contributed by atoms with Gasteiger partial charge in [-0.05, 0) is 57.0 Å². The minimum atomic E-state index is 0.277. The maximum Gasteiger partial charge on any atom is 0.220 e. The minimum Gasteiger partial charge on any atom is -0.353 e. The second kappa shape index (κ2) is 6.39. The zero-order valence-corrected chi connectivity index (χ0v) is 11.0. The van der Waals surface area contributed by atoms with Crippen molar-refractivity contribution in [1.29, 1.82) is 0 Å². The van der Waals surface area contributed by atoms with Crippen molar-refractivity contribution >= 4 is 5.91 Å². The van der Waals surface area contributed by atoms with Gasteiger partial charge in [0.25, 0.3) is 0 Å². The molecule has 17 heavy (non-hydrogen) atoms. The molecule has 2 fully saturated rings. The largest absolute Gasteiger partial charge is 0.353 e. The normalized spacial score (nSPS) is 32.2. The Morgan fingerprint density at radius 3 is 3.00 bits per heavy atom. The Labute approximate surface area is 105 Å². The molecule has 1 heterocycles. The van der Waals surface area contributed by atoms with Crippen LogP contribution in [0.15, 0.2) is 0 Å². The number of piperidine rings is 1. The molecule has 1 saturated carbocycles. The maximum absolute atomic E-state index is 11.8. The number of carbonyl (C=O) groups excluding carboxylic acids is 1. The van der Waals surface area contributed by atoms with Gasteiger partial charge in [-0.2, -0.15) is 0 Å². The van der Waals surface area contributed by atoms with Gasteiger partial charge in [0.1, 0.15) is 0 Å². The molecule has 0 aromatic rings. The van der Waals surface area contributed by atoms with Crippen molar-refractivity contribution in [2.75, 3.05) is 13.1 Å². The highest BCUT2D eigenvalue weighted by Crippen LogP contribution is 2.34. The van der Waals surface area contributed by atoms with Gasteiger partial charge in [-0.25, -0.2) is 0 Å². The highest BCUT2D eigenvalue weighted by molar-refractivity contribution is 5.76. The molecule has 3 unspecified atom stereocenters. The number of hydrogen-bond donors (Lipinski definition) is 2. The molecule has 0 aromatic carbocycles. The molecule has 1 aliphatic carbocycles. The Bertz CT molecular complexity index is 249. The first-order chi connectivity index (χ1) is 8.29. The quantitative estimate of drug-likeness (QED) is 0.744. The molecule has 3 nitrogen and oxygen atoms in total. The molecule has 1 aliphatic heterocycles. The van der Waals surface area contributed by atoms with E-state index in [1.165, 1.54) is 32.1 Å². The van der Waals surface area contributed by atoms with Crippen LogP contribution in [0.1, 0.15) is 51.9 Å². The van der Waals surface area contributed by atoms with Gasteiger partial charge in [0.2, 0.25) is 5.91 Å². The van der Waals surface area contributed by atoms with E-state index in [1.807, 2.05) is 0 Å². The number of carbonyl (C=O) groups is 1. The molecule has 3 atom stereocenters. The van der Waals surface area contributed by atoms with Gasteiger partial charge in [0.15, 0.2) is 0 Å². The maximum atomic E-state index is 11.8. The van der Waals surface area contributed by atoms with Crippen LogP contribution in [0.2, 0.25) is 0 Å². The van der Waals surface area contributed by atoms with Crippen LogP contribution in [-0.4, -0.2) is 25.0 Å². The summed E-state index contributed by atoms with van der Waals surface area (Å²) in [5, 5.41) is 6.57. The first-order valence-electron chi connectivity index (χ1n) is 7.29. The lowest BCUT2D eigenvalue weighted by Crippen LogP contribution is -2.32. The minimum absolute atomic E-state index is 0.277. The van der Waals surface area contributed by atoms with Gasteiger partial charge >= 0.3 is 0 Å². The van der Waals surface area contributed by atoms with Crippen molar-refractivity contribution in [3.63, 3.8) is 0 Å². The lowest BCUT2D eigenvalue weighted by molar-refractivity contribution is -0.121. The second-order valence-electron chi connectivity index (χ2n) is 5.71. The van der Waals surface area contributed by atoms with Crippen LogP contribution < -0.4 is 10.6 Å². The van der Waals surface area contributed by atoms with E-state index in [1.54, 1.807) is 0 Å². The first kappa shape index (κ1) is 12.9. The molecular weight excluding hydrogens is 212 g/mol. The van der Waals surface area contributed by atoms with Crippen LogP contribution in [0.5, 0.6) is 0 Å². The molecule has 1 saturated heterocycles. The fourth-order valence-electron chi connectivity index (χ4n) is 2.90. The summed E-state index contributed by atoms with van der Waals surface area (Å²) in [5.74, 6) is 1.78. The highest BCUT2D eigenvalue weighted by atomic mass is 16.1. The van der Waals surface area contributed by atoms with E-state index in [-0.39, 0.29) is 5.91 Å². The third-order valence-corrected chi connectivity index (χ3v) is 4.11. The van der Waals surface area contributed by atoms with Crippen LogP contribution in [0.25, 0.3) is 0 Å². The van der Waals surface area contributed by atoms with Crippen LogP contribution in [0, 0.1) is 11.8 Å². The van der Waals surface area contributed by atoms with Crippen molar-refractivity contribution in [2.24, 2.45) is 11.8 Å². The number of nitrogens with one attached hydrogen (secondary N) is 2. The van der Waals surface area contributed by atoms with Gasteiger partial charge in [-0.3, -0.25) is 4.79 Å². The van der Waals surface area contributed by atoms with Crippen molar-refractivity contribution in [3.05, 3.63) is 0 Å². The van der Waals surface area contributed by atoms with E-state index >= 15 is 0 Å². The van der Waals surface area contributed by atoms with E-state index in [4.69, 9.17) is 0 Å². The van der Waals surface area contributed by atoms with Crippen molar-refractivity contribution in [3.8, 4) is 0 Å².